The molecule has 2 atom stereocenters. The number of rotatable bonds is 12. The molecule has 240 valence electrons. The molecule has 4 rings (SSSR count). The summed E-state index contributed by atoms with van der Waals surface area (Å²) in [6.07, 6.45) is 5.00. The largest absolute Gasteiger partial charge is 0.398 e. The molecule has 0 aliphatic carbocycles. The maximum Gasteiger partial charge on any atom is 0.232 e. The van der Waals surface area contributed by atoms with E-state index in [4.69, 9.17) is 22.3 Å². The molecule has 2 heterocycles. The van der Waals surface area contributed by atoms with Gasteiger partial charge in [-0.25, -0.2) is 9.37 Å². The molecule has 0 fully saturated rings. The number of nitrogens with one attached hydrogen (secondary N) is 1. The Kier molecular flexibility index (Phi) is 11.2. The van der Waals surface area contributed by atoms with Crippen molar-refractivity contribution in [1.29, 1.82) is 0 Å². The third kappa shape index (κ3) is 7.22. The zero-order chi connectivity index (χ0) is 33.6. The fraction of sp³-hybridized carbons (Fsp3) is 0.316. The van der Waals surface area contributed by atoms with E-state index in [0.717, 1.165) is 40.7 Å². The van der Waals surface area contributed by atoms with Gasteiger partial charge in [0.2, 0.25) is 5.95 Å². The van der Waals surface area contributed by atoms with Gasteiger partial charge in [-0.3, -0.25) is 9.98 Å². The standard InChI is InChI=1S/C38H42ClF2N5/c1-8-15-43-21-27-18-26(17-24(5)35(27)42)32(10-3)45-22-38(7,28-12-11-13-29(40)19-28)33-20-31(23(4)9-2)25(6)36(46-33)30-14-16-44-37(41)34(30)39/h11-14,16-21,23,45H,3,8-9,15,22,42H2,1-2,4-7H3. The lowest BCUT2D eigenvalue weighted by atomic mass is 9.77. The second-order valence-corrected chi connectivity index (χ2v) is 12.3. The van der Waals surface area contributed by atoms with Crippen molar-refractivity contribution < 1.29 is 8.78 Å². The first-order valence-electron chi connectivity index (χ1n) is 15.6. The molecule has 46 heavy (non-hydrogen) atoms. The highest BCUT2D eigenvalue weighted by atomic mass is 35.5. The van der Waals surface area contributed by atoms with E-state index in [1.54, 1.807) is 18.3 Å². The summed E-state index contributed by atoms with van der Waals surface area (Å²) in [6, 6.07) is 14.2. The van der Waals surface area contributed by atoms with Gasteiger partial charge in [-0.2, -0.15) is 4.39 Å². The highest BCUT2D eigenvalue weighted by Crippen LogP contribution is 2.39. The van der Waals surface area contributed by atoms with Crippen LogP contribution in [0.1, 0.15) is 85.5 Å². The number of aliphatic imine (C=N–C) groups is 1. The quantitative estimate of drug-likeness (QED) is 0.0699. The third-order valence-electron chi connectivity index (χ3n) is 8.67. The highest BCUT2D eigenvalue weighted by Gasteiger charge is 2.33. The zero-order valence-corrected chi connectivity index (χ0v) is 28.2. The van der Waals surface area contributed by atoms with Crippen molar-refractivity contribution in [3.8, 4) is 11.3 Å². The van der Waals surface area contributed by atoms with Crippen LogP contribution in [0.3, 0.4) is 0 Å². The number of nitrogens with two attached hydrogens (primary N) is 1. The highest BCUT2D eigenvalue weighted by molar-refractivity contribution is 6.33. The van der Waals surface area contributed by atoms with Gasteiger partial charge in [-0.1, -0.05) is 51.1 Å². The van der Waals surface area contributed by atoms with Crippen LogP contribution in [0.2, 0.25) is 5.02 Å². The predicted octanol–water partition coefficient (Wildman–Crippen LogP) is 9.34. The zero-order valence-electron chi connectivity index (χ0n) is 27.4. The fourth-order valence-corrected chi connectivity index (χ4v) is 5.78. The molecule has 2 unspecified atom stereocenters. The Morgan fingerprint density at radius 3 is 2.61 bits per heavy atom. The maximum absolute atomic E-state index is 14.8. The summed E-state index contributed by atoms with van der Waals surface area (Å²) in [4.78, 5) is 13.3. The SMILES string of the molecule is C=C=C(NCC(C)(c1cccc(F)c1)c1cc(C(C)CC)c(C)c(-c2ccnc(F)c2Cl)n1)c1cc(C)c(N)c(C=NCCC)c1. The van der Waals surface area contributed by atoms with E-state index in [1.807, 2.05) is 39.0 Å². The van der Waals surface area contributed by atoms with Gasteiger partial charge in [0.1, 0.15) is 10.8 Å². The van der Waals surface area contributed by atoms with Crippen molar-refractivity contribution in [3.05, 3.63) is 123 Å². The Labute approximate surface area is 276 Å². The van der Waals surface area contributed by atoms with Crippen LogP contribution in [0.25, 0.3) is 17.0 Å². The number of aryl methyl sites for hydroxylation is 1. The molecule has 0 saturated carbocycles. The number of hydrogen-bond donors (Lipinski definition) is 2. The smallest absolute Gasteiger partial charge is 0.232 e. The van der Waals surface area contributed by atoms with Crippen molar-refractivity contribution in [2.45, 2.75) is 65.7 Å². The van der Waals surface area contributed by atoms with E-state index < -0.39 is 11.4 Å². The Morgan fingerprint density at radius 2 is 1.93 bits per heavy atom. The molecule has 0 aliphatic rings. The molecule has 3 N–H and O–H groups in total. The molecule has 0 bridgehead atoms. The van der Waals surface area contributed by atoms with Crippen molar-refractivity contribution in [2.24, 2.45) is 4.99 Å². The number of halogens is 3. The number of aromatic nitrogens is 2. The molecular formula is C38H42ClF2N5. The first-order valence-corrected chi connectivity index (χ1v) is 16.0. The van der Waals surface area contributed by atoms with Gasteiger partial charge in [0.25, 0.3) is 0 Å². The molecule has 0 aliphatic heterocycles. The van der Waals surface area contributed by atoms with Gasteiger partial charge < -0.3 is 11.1 Å². The lowest BCUT2D eigenvalue weighted by Crippen LogP contribution is -2.37. The predicted molar refractivity (Wildman–Crippen MR) is 188 cm³/mol. The molecule has 0 spiro atoms. The number of benzene rings is 2. The van der Waals surface area contributed by atoms with Crippen LogP contribution in [0.15, 0.2) is 72.0 Å². The average Bonchev–Trinajstić information content (AvgIpc) is 3.04. The lowest BCUT2D eigenvalue weighted by Gasteiger charge is -2.33. The second kappa shape index (κ2) is 14.8. The van der Waals surface area contributed by atoms with Crippen LogP contribution < -0.4 is 11.1 Å². The summed E-state index contributed by atoms with van der Waals surface area (Å²) in [5.74, 6) is -0.948. The minimum absolute atomic E-state index is 0.0928. The number of pyridine rings is 2. The van der Waals surface area contributed by atoms with Crippen molar-refractivity contribution >= 4 is 29.2 Å². The van der Waals surface area contributed by atoms with Gasteiger partial charge in [0, 0.05) is 47.9 Å². The van der Waals surface area contributed by atoms with E-state index in [2.05, 4.69) is 54.4 Å². The van der Waals surface area contributed by atoms with Gasteiger partial charge in [0.15, 0.2) is 0 Å². The first kappa shape index (κ1) is 34.6. The summed E-state index contributed by atoms with van der Waals surface area (Å²) in [7, 11) is 0. The molecule has 2 aromatic heterocycles. The van der Waals surface area contributed by atoms with Crippen molar-refractivity contribution in [2.75, 3.05) is 18.8 Å². The molecule has 2 aromatic carbocycles. The van der Waals surface area contributed by atoms with Crippen LogP contribution in [0, 0.1) is 25.6 Å². The second-order valence-electron chi connectivity index (χ2n) is 11.9. The molecule has 0 saturated heterocycles. The van der Waals surface area contributed by atoms with Crippen LogP contribution in [-0.4, -0.2) is 29.3 Å². The Balaban J connectivity index is 1.89. The number of nitrogens with zero attached hydrogens (tertiary/aromatic N) is 3. The van der Waals surface area contributed by atoms with E-state index in [1.165, 1.54) is 18.3 Å². The Hall–Kier alpha value is -4.32. The fourth-order valence-electron chi connectivity index (χ4n) is 5.58. The minimum Gasteiger partial charge on any atom is -0.398 e. The Bertz CT molecular complexity index is 1810. The molecule has 5 nitrogen and oxygen atoms in total. The van der Waals surface area contributed by atoms with Gasteiger partial charge in [-0.15, -0.1) is 5.73 Å². The van der Waals surface area contributed by atoms with Crippen molar-refractivity contribution in [1.82, 2.24) is 15.3 Å². The van der Waals surface area contributed by atoms with E-state index in [-0.39, 0.29) is 16.8 Å². The lowest BCUT2D eigenvalue weighted by molar-refractivity contribution is 0.524. The van der Waals surface area contributed by atoms with E-state index >= 15 is 0 Å². The van der Waals surface area contributed by atoms with Crippen LogP contribution >= 0.6 is 11.6 Å². The van der Waals surface area contributed by atoms with Gasteiger partial charge >= 0.3 is 0 Å². The number of anilines is 1. The minimum atomic E-state index is -0.860. The number of hydrogen-bond acceptors (Lipinski definition) is 5. The maximum atomic E-state index is 14.8. The molecule has 0 amide bonds. The molecule has 0 radical (unpaired) electrons. The molecular weight excluding hydrogens is 600 g/mol. The van der Waals surface area contributed by atoms with Crippen LogP contribution in [0.5, 0.6) is 0 Å². The first-order chi connectivity index (χ1) is 21.9. The summed E-state index contributed by atoms with van der Waals surface area (Å²) >= 11 is 6.46. The summed E-state index contributed by atoms with van der Waals surface area (Å²) < 4.78 is 29.4. The van der Waals surface area contributed by atoms with E-state index in [0.29, 0.717) is 47.0 Å². The normalized spacial score (nSPS) is 13.3. The third-order valence-corrected chi connectivity index (χ3v) is 9.03. The van der Waals surface area contributed by atoms with Crippen molar-refractivity contribution in [3.63, 3.8) is 0 Å². The molecule has 8 heteroatoms. The van der Waals surface area contributed by atoms with Gasteiger partial charge in [0.05, 0.1) is 22.5 Å². The van der Waals surface area contributed by atoms with Gasteiger partial charge in [-0.05, 0) is 98.2 Å². The summed E-state index contributed by atoms with van der Waals surface area (Å²) in [6.45, 7) is 17.3. The van der Waals surface area contributed by atoms with E-state index in [9.17, 15) is 8.78 Å². The molecule has 4 aromatic rings. The summed E-state index contributed by atoms with van der Waals surface area (Å²) in [5.41, 5.74) is 16.8. The average molecular weight is 642 g/mol. The topological polar surface area (TPSA) is 76.2 Å². The van der Waals surface area contributed by atoms with Crippen LogP contribution in [0.4, 0.5) is 14.5 Å². The Morgan fingerprint density at radius 1 is 1.17 bits per heavy atom. The summed E-state index contributed by atoms with van der Waals surface area (Å²) in [5, 5.41) is 3.45. The van der Waals surface area contributed by atoms with Crippen LogP contribution in [-0.2, 0) is 5.41 Å². The monoisotopic (exact) mass is 641 g/mol. The number of nitrogen functional groups attached to an aromatic ring is 1.